The summed E-state index contributed by atoms with van der Waals surface area (Å²) in [4.78, 5) is 29.4. The van der Waals surface area contributed by atoms with Gasteiger partial charge in [0.2, 0.25) is 0 Å². The molecule has 0 bridgehead atoms. The first-order valence-electron chi connectivity index (χ1n) is 10.3. The third kappa shape index (κ3) is 4.39. The maximum absolute atomic E-state index is 13.6. The molecule has 1 aromatic heterocycles. The maximum atomic E-state index is 13.6. The number of oxazole rings is 1. The van der Waals surface area contributed by atoms with Gasteiger partial charge in [-0.1, -0.05) is 41.9 Å². The normalized spacial score (nSPS) is 19.8. The topological polar surface area (TPSA) is 84.2 Å². The van der Waals surface area contributed by atoms with Gasteiger partial charge >= 0.3 is 0 Å². The van der Waals surface area contributed by atoms with Crippen LogP contribution in [-0.2, 0) is 5.41 Å². The van der Waals surface area contributed by atoms with Crippen molar-refractivity contribution in [3.8, 4) is 0 Å². The van der Waals surface area contributed by atoms with Gasteiger partial charge in [-0.15, -0.1) is 0 Å². The minimum absolute atomic E-state index is 0.0752. The Kier molecular flexibility index (Phi) is 6.02. The zero-order valence-corrected chi connectivity index (χ0v) is 18.5. The molecular formula is C24H23ClFN3O3. The Labute approximate surface area is 190 Å². The molecule has 0 atom stereocenters. The summed E-state index contributed by atoms with van der Waals surface area (Å²) in [6, 6.07) is 13.4. The van der Waals surface area contributed by atoms with Crippen molar-refractivity contribution in [2.45, 2.75) is 38.1 Å². The number of aromatic nitrogens is 1. The molecular weight excluding hydrogens is 433 g/mol. The Bertz CT molecular complexity index is 1160. The third-order valence-corrected chi connectivity index (χ3v) is 6.20. The molecule has 0 radical (unpaired) electrons. The van der Waals surface area contributed by atoms with Gasteiger partial charge in [-0.25, -0.2) is 9.37 Å². The van der Waals surface area contributed by atoms with E-state index < -0.39 is 11.7 Å². The molecule has 4 rings (SSSR count). The summed E-state index contributed by atoms with van der Waals surface area (Å²) in [6.45, 7) is 3.73. The average Bonchev–Trinajstić information content (AvgIpc) is 3.09. The van der Waals surface area contributed by atoms with Crippen molar-refractivity contribution in [2.24, 2.45) is 0 Å². The number of hydrogen-bond acceptors (Lipinski definition) is 4. The second kappa shape index (κ2) is 8.74. The maximum Gasteiger partial charge on any atom is 0.273 e. The van der Waals surface area contributed by atoms with Crippen LogP contribution in [0.1, 0.15) is 50.9 Å². The number of nitrogens with one attached hydrogen (secondary N) is 2. The largest absolute Gasteiger partial charge is 0.445 e. The predicted molar refractivity (Wildman–Crippen MR) is 118 cm³/mol. The number of carbonyl (C=O) groups excluding carboxylic acids is 2. The number of carbonyl (C=O) groups is 2. The molecule has 3 aromatic rings. The highest BCUT2D eigenvalue weighted by atomic mass is 35.5. The first kappa shape index (κ1) is 22.0. The molecule has 0 unspecified atom stereocenters. The monoisotopic (exact) mass is 455 g/mol. The fourth-order valence-electron chi connectivity index (χ4n) is 4.27. The summed E-state index contributed by atoms with van der Waals surface area (Å²) >= 11 is 6.07. The van der Waals surface area contributed by atoms with E-state index >= 15 is 0 Å². The number of aryl methyl sites for hydroxylation is 2. The molecule has 2 amide bonds. The van der Waals surface area contributed by atoms with Crippen LogP contribution in [-0.4, -0.2) is 29.4 Å². The molecule has 2 N–H and O–H groups in total. The fourth-order valence-corrected chi connectivity index (χ4v) is 4.47. The Balaban J connectivity index is 1.46. The Hall–Kier alpha value is -3.19. The molecule has 1 aliphatic carbocycles. The molecule has 8 heteroatoms. The molecule has 1 fully saturated rings. The second-order valence-electron chi connectivity index (χ2n) is 8.17. The van der Waals surface area contributed by atoms with Gasteiger partial charge in [0.25, 0.3) is 11.8 Å². The second-order valence-corrected chi connectivity index (χ2v) is 8.58. The molecule has 0 saturated heterocycles. The van der Waals surface area contributed by atoms with E-state index in [2.05, 4.69) is 15.6 Å². The Morgan fingerprint density at radius 1 is 1.16 bits per heavy atom. The van der Waals surface area contributed by atoms with Crippen molar-refractivity contribution in [3.05, 3.63) is 87.8 Å². The lowest BCUT2D eigenvalue weighted by Gasteiger charge is -2.48. The summed E-state index contributed by atoms with van der Waals surface area (Å²) < 4.78 is 18.9. The van der Waals surface area contributed by atoms with Gasteiger partial charge in [-0.05, 0) is 43.5 Å². The molecule has 1 saturated carbocycles. The van der Waals surface area contributed by atoms with E-state index in [1.165, 1.54) is 12.1 Å². The van der Waals surface area contributed by atoms with Crippen molar-refractivity contribution in [1.82, 2.24) is 15.6 Å². The highest BCUT2D eigenvalue weighted by molar-refractivity contribution is 6.33. The van der Waals surface area contributed by atoms with Crippen molar-refractivity contribution in [3.63, 3.8) is 0 Å². The molecule has 1 aliphatic rings. The summed E-state index contributed by atoms with van der Waals surface area (Å²) in [6.07, 6.45) is 1.27. The van der Waals surface area contributed by atoms with Crippen LogP contribution in [0.25, 0.3) is 0 Å². The number of hydrogen-bond donors (Lipinski definition) is 2. The smallest absolute Gasteiger partial charge is 0.273 e. The van der Waals surface area contributed by atoms with Crippen LogP contribution in [0.4, 0.5) is 4.39 Å². The van der Waals surface area contributed by atoms with E-state index in [0.717, 1.165) is 11.6 Å². The summed E-state index contributed by atoms with van der Waals surface area (Å²) in [7, 11) is 0. The van der Waals surface area contributed by atoms with Crippen LogP contribution in [0.5, 0.6) is 0 Å². The number of halogens is 2. The SMILES string of the molecule is Cc1nc(C(=O)NC2CC(CNC(=O)c3cc(F)ccc3Cl)(c3ccccc3)C2)c(C)o1. The van der Waals surface area contributed by atoms with Crippen LogP contribution in [0.15, 0.2) is 52.9 Å². The lowest BCUT2D eigenvalue weighted by Crippen LogP contribution is -2.57. The standard InChI is InChI=1S/C24H23ClFN3O3/c1-14-21(28-15(2)32-14)23(31)29-18-11-24(12-18,16-6-4-3-5-7-16)13-27-22(30)19-10-17(26)8-9-20(19)25/h3-10,18H,11-13H2,1-2H3,(H,27,30)(H,29,31). The Morgan fingerprint density at radius 3 is 2.53 bits per heavy atom. The van der Waals surface area contributed by atoms with Gasteiger partial charge in [0.1, 0.15) is 11.6 Å². The minimum Gasteiger partial charge on any atom is -0.445 e. The van der Waals surface area contributed by atoms with Crippen molar-refractivity contribution >= 4 is 23.4 Å². The lowest BCUT2D eigenvalue weighted by atomic mass is 9.61. The number of benzene rings is 2. The number of nitrogens with zero attached hydrogens (tertiary/aromatic N) is 1. The van der Waals surface area contributed by atoms with E-state index in [1.54, 1.807) is 13.8 Å². The van der Waals surface area contributed by atoms with Crippen LogP contribution >= 0.6 is 11.6 Å². The highest BCUT2D eigenvalue weighted by Gasteiger charge is 2.46. The minimum atomic E-state index is -0.526. The van der Waals surface area contributed by atoms with Crippen LogP contribution < -0.4 is 10.6 Å². The molecule has 0 aliphatic heterocycles. The van der Waals surface area contributed by atoms with Crippen molar-refractivity contribution in [1.29, 1.82) is 0 Å². The molecule has 1 heterocycles. The van der Waals surface area contributed by atoms with Crippen LogP contribution in [0.3, 0.4) is 0 Å². The fraction of sp³-hybridized carbons (Fsp3) is 0.292. The van der Waals surface area contributed by atoms with Gasteiger partial charge < -0.3 is 15.1 Å². The van der Waals surface area contributed by atoms with Crippen molar-refractivity contribution in [2.75, 3.05) is 6.54 Å². The lowest BCUT2D eigenvalue weighted by molar-refractivity contribution is 0.0819. The Morgan fingerprint density at radius 2 is 1.88 bits per heavy atom. The molecule has 0 spiro atoms. The zero-order valence-electron chi connectivity index (χ0n) is 17.7. The number of amides is 2. The first-order chi connectivity index (χ1) is 15.3. The van der Waals surface area contributed by atoms with E-state index in [4.69, 9.17) is 16.0 Å². The van der Waals surface area contributed by atoms with E-state index in [9.17, 15) is 14.0 Å². The molecule has 166 valence electrons. The summed E-state index contributed by atoms with van der Waals surface area (Å²) in [5.74, 6) is -0.318. The quantitative estimate of drug-likeness (QED) is 0.579. The highest BCUT2D eigenvalue weighted by Crippen LogP contribution is 2.43. The third-order valence-electron chi connectivity index (χ3n) is 5.87. The average molecular weight is 456 g/mol. The molecule has 32 heavy (non-hydrogen) atoms. The van der Waals surface area contributed by atoms with Gasteiger partial charge in [-0.2, -0.15) is 0 Å². The van der Waals surface area contributed by atoms with Crippen molar-refractivity contribution < 1.29 is 18.4 Å². The van der Waals surface area contributed by atoms with Gasteiger partial charge in [0.05, 0.1) is 10.6 Å². The van der Waals surface area contributed by atoms with Crippen LogP contribution in [0.2, 0.25) is 5.02 Å². The van der Waals surface area contributed by atoms with E-state index in [-0.39, 0.29) is 33.6 Å². The van der Waals surface area contributed by atoms with Crippen LogP contribution in [0, 0.1) is 19.7 Å². The number of rotatable bonds is 6. The molecule has 2 aromatic carbocycles. The summed E-state index contributed by atoms with van der Waals surface area (Å²) in [5, 5.41) is 6.09. The molecule has 6 nitrogen and oxygen atoms in total. The van der Waals surface area contributed by atoms with Gasteiger partial charge in [0.15, 0.2) is 11.6 Å². The van der Waals surface area contributed by atoms with Gasteiger partial charge in [0, 0.05) is 24.9 Å². The van der Waals surface area contributed by atoms with Gasteiger partial charge in [-0.3, -0.25) is 9.59 Å². The van der Waals surface area contributed by atoms with E-state index in [0.29, 0.717) is 31.0 Å². The predicted octanol–water partition coefficient (Wildman–Crippen LogP) is 4.34. The van der Waals surface area contributed by atoms with E-state index in [1.807, 2.05) is 30.3 Å². The zero-order chi connectivity index (χ0) is 22.9. The summed E-state index contributed by atoms with van der Waals surface area (Å²) in [5.41, 5.74) is 1.08. The first-order valence-corrected chi connectivity index (χ1v) is 10.7.